The Kier molecular flexibility index (Phi) is 4.91. The molecule has 4 nitrogen and oxygen atoms in total. The highest BCUT2D eigenvalue weighted by molar-refractivity contribution is 6.12. The molecule has 0 unspecified atom stereocenters. The average molecular weight is 310 g/mol. The van der Waals surface area contributed by atoms with E-state index in [-0.39, 0.29) is 18.2 Å². The van der Waals surface area contributed by atoms with Crippen molar-refractivity contribution in [2.75, 3.05) is 19.7 Å². The lowest BCUT2D eigenvalue weighted by atomic mass is 9.79. The predicted octanol–water partition coefficient (Wildman–Crippen LogP) is 2.73. The normalized spacial score (nSPS) is 21.4. The summed E-state index contributed by atoms with van der Waals surface area (Å²) >= 11 is 0. The summed E-state index contributed by atoms with van der Waals surface area (Å²) in [5.41, 5.74) is 0.744. The Hall–Kier alpha value is -1.52. The summed E-state index contributed by atoms with van der Waals surface area (Å²) in [5, 5.41) is 3.31. The summed E-state index contributed by atoms with van der Waals surface area (Å²) in [6.07, 6.45) is 3.17. The molecule has 0 saturated carbocycles. The van der Waals surface area contributed by atoms with Crippen molar-refractivity contribution in [1.82, 2.24) is 5.32 Å². The number of para-hydroxylation sites is 1. The molecule has 1 N–H and O–H groups in total. The fraction of sp³-hybridized carbons (Fsp3) is 0.438. The molecule has 2 heterocycles. The zero-order chi connectivity index (χ0) is 14.0. The van der Waals surface area contributed by atoms with Crippen LogP contribution in [0, 0.1) is 0 Å². The number of carbonyl (C=O) groups excluding carboxylic acids is 1. The third kappa shape index (κ3) is 2.78. The molecule has 0 aliphatic carbocycles. The first-order valence-corrected chi connectivity index (χ1v) is 7.12. The number of carbonyl (C=O) groups is 1. The van der Waals surface area contributed by atoms with Gasteiger partial charge >= 0.3 is 0 Å². The topological polar surface area (TPSA) is 47.6 Å². The Bertz CT molecular complexity index is 550. The van der Waals surface area contributed by atoms with E-state index in [0.717, 1.165) is 25.9 Å². The van der Waals surface area contributed by atoms with Crippen LogP contribution in [-0.4, -0.2) is 31.1 Å². The molecule has 2 aliphatic rings. The van der Waals surface area contributed by atoms with E-state index in [2.05, 4.69) is 5.32 Å². The first-order valence-electron chi connectivity index (χ1n) is 7.12. The molecule has 0 bridgehead atoms. The van der Waals surface area contributed by atoms with E-state index in [1.54, 1.807) is 6.26 Å². The molecular formula is C16H20ClNO3. The molecule has 0 atom stereocenters. The Morgan fingerprint density at radius 1 is 1.33 bits per heavy atom. The fourth-order valence-electron chi connectivity index (χ4n) is 2.89. The molecule has 114 valence electrons. The highest BCUT2D eigenvalue weighted by Gasteiger charge is 2.46. The van der Waals surface area contributed by atoms with Crippen molar-refractivity contribution < 1.29 is 14.3 Å². The van der Waals surface area contributed by atoms with Crippen molar-refractivity contribution in [3.05, 3.63) is 41.7 Å². The predicted molar refractivity (Wildman–Crippen MR) is 83.2 cm³/mol. The zero-order valence-corrected chi connectivity index (χ0v) is 12.9. The van der Waals surface area contributed by atoms with Gasteiger partial charge < -0.3 is 14.8 Å². The van der Waals surface area contributed by atoms with Crippen LogP contribution in [0.1, 0.15) is 30.1 Å². The van der Waals surface area contributed by atoms with Gasteiger partial charge in [-0.2, -0.15) is 0 Å². The van der Waals surface area contributed by atoms with Crippen LogP contribution in [-0.2, 0) is 4.74 Å². The summed E-state index contributed by atoms with van der Waals surface area (Å²) in [4.78, 5) is 12.7. The number of nitrogens with one attached hydrogen (secondary N) is 1. The minimum Gasteiger partial charge on any atom is -0.501 e. The van der Waals surface area contributed by atoms with Crippen LogP contribution in [0.4, 0.5) is 0 Å². The van der Waals surface area contributed by atoms with Crippen LogP contribution >= 0.6 is 12.4 Å². The molecule has 0 aromatic heterocycles. The number of hydrogen-bond acceptors (Lipinski definition) is 4. The molecule has 2 aliphatic heterocycles. The zero-order valence-electron chi connectivity index (χ0n) is 12.1. The number of benzene rings is 1. The number of halogens is 1. The van der Waals surface area contributed by atoms with Gasteiger partial charge in [-0.05, 0) is 32.1 Å². The summed E-state index contributed by atoms with van der Waals surface area (Å²) < 4.78 is 11.6. The van der Waals surface area contributed by atoms with Crippen LogP contribution < -0.4 is 10.1 Å². The summed E-state index contributed by atoms with van der Waals surface area (Å²) in [5.74, 6) is 0.718. The van der Waals surface area contributed by atoms with E-state index in [1.807, 2.05) is 31.2 Å². The van der Waals surface area contributed by atoms with Gasteiger partial charge in [0.1, 0.15) is 11.4 Å². The van der Waals surface area contributed by atoms with Crippen LogP contribution in [0.15, 0.2) is 36.1 Å². The van der Waals surface area contributed by atoms with Crippen molar-refractivity contribution in [1.29, 1.82) is 0 Å². The second-order valence-electron chi connectivity index (χ2n) is 5.16. The minimum absolute atomic E-state index is 0. The molecule has 1 saturated heterocycles. The lowest BCUT2D eigenvalue weighted by Crippen LogP contribution is -2.51. The summed E-state index contributed by atoms with van der Waals surface area (Å²) in [6.45, 7) is 4.15. The number of Topliss-reactive ketones (excluding diaryl/α,β-unsaturated/α-hetero) is 1. The van der Waals surface area contributed by atoms with Gasteiger partial charge in [0.15, 0.2) is 5.78 Å². The van der Waals surface area contributed by atoms with E-state index in [0.29, 0.717) is 23.5 Å². The monoisotopic (exact) mass is 309 g/mol. The maximum atomic E-state index is 12.7. The number of piperidine rings is 1. The highest BCUT2D eigenvalue weighted by atomic mass is 35.5. The molecule has 5 heteroatoms. The van der Waals surface area contributed by atoms with Gasteiger partial charge in [0.05, 0.1) is 24.0 Å². The number of ether oxygens (including phenoxy) is 2. The summed E-state index contributed by atoms with van der Waals surface area (Å²) in [6, 6.07) is 7.44. The van der Waals surface area contributed by atoms with Crippen molar-refractivity contribution in [3.8, 4) is 5.75 Å². The van der Waals surface area contributed by atoms with Crippen LogP contribution in [0.25, 0.3) is 0 Å². The van der Waals surface area contributed by atoms with Gasteiger partial charge in [0, 0.05) is 12.8 Å². The van der Waals surface area contributed by atoms with Crippen molar-refractivity contribution in [2.45, 2.75) is 25.4 Å². The summed E-state index contributed by atoms with van der Waals surface area (Å²) in [7, 11) is 0. The van der Waals surface area contributed by atoms with E-state index < -0.39 is 5.60 Å². The van der Waals surface area contributed by atoms with Crippen LogP contribution in [0.3, 0.4) is 0 Å². The number of hydrogen-bond donors (Lipinski definition) is 1. The highest BCUT2D eigenvalue weighted by Crippen LogP contribution is 2.41. The number of rotatable bonds is 2. The Labute approximate surface area is 130 Å². The smallest absolute Gasteiger partial charge is 0.199 e. The molecule has 21 heavy (non-hydrogen) atoms. The maximum absolute atomic E-state index is 12.7. The Balaban J connectivity index is 0.00000161. The van der Waals surface area contributed by atoms with E-state index in [9.17, 15) is 4.79 Å². The Morgan fingerprint density at radius 3 is 2.76 bits per heavy atom. The number of ketones is 1. The van der Waals surface area contributed by atoms with Gasteiger partial charge in [0.25, 0.3) is 0 Å². The van der Waals surface area contributed by atoms with Crippen molar-refractivity contribution >= 4 is 18.2 Å². The molecule has 0 radical (unpaired) electrons. The van der Waals surface area contributed by atoms with E-state index in [1.165, 1.54) is 0 Å². The van der Waals surface area contributed by atoms with Gasteiger partial charge in [0.2, 0.25) is 0 Å². The van der Waals surface area contributed by atoms with Gasteiger partial charge in [-0.15, -0.1) is 12.4 Å². The van der Waals surface area contributed by atoms with Gasteiger partial charge in [-0.1, -0.05) is 12.1 Å². The molecule has 1 aromatic rings. The Morgan fingerprint density at radius 2 is 2.05 bits per heavy atom. The van der Waals surface area contributed by atoms with E-state index in [4.69, 9.17) is 9.47 Å². The van der Waals surface area contributed by atoms with Gasteiger partial charge in [-0.3, -0.25) is 4.79 Å². The SMILES string of the molecule is CCOC=C1C(=O)c2ccccc2OC12CCNCC2.Cl. The van der Waals surface area contributed by atoms with Crippen molar-refractivity contribution in [2.24, 2.45) is 0 Å². The molecule has 1 fully saturated rings. The molecule has 3 rings (SSSR count). The maximum Gasteiger partial charge on any atom is 0.199 e. The standard InChI is InChI=1S/C16H19NO3.ClH/c1-2-19-11-13-15(18)12-5-3-4-6-14(12)20-16(13)7-9-17-10-8-16;/h3-6,11,17H,2,7-10H2,1H3;1H. The van der Waals surface area contributed by atoms with Crippen LogP contribution in [0.2, 0.25) is 0 Å². The van der Waals surface area contributed by atoms with Gasteiger partial charge in [-0.25, -0.2) is 0 Å². The number of fused-ring (bicyclic) bond motifs is 1. The molecule has 0 amide bonds. The third-order valence-electron chi connectivity index (χ3n) is 3.95. The second kappa shape index (κ2) is 6.50. The van der Waals surface area contributed by atoms with Crippen LogP contribution in [0.5, 0.6) is 5.75 Å². The first-order chi connectivity index (χ1) is 9.77. The second-order valence-corrected chi connectivity index (χ2v) is 5.16. The fourth-order valence-corrected chi connectivity index (χ4v) is 2.89. The quantitative estimate of drug-likeness (QED) is 0.674. The third-order valence-corrected chi connectivity index (χ3v) is 3.95. The lowest BCUT2D eigenvalue weighted by Gasteiger charge is -2.42. The minimum atomic E-state index is -0.536. The molecule has 1 spiro atoms. The van der Waals surface area contributed by atoms with Crippen molar-refractivity contribution in [3.63, 3.8) is 0 Å². The lowest BCUT2D eigenvalue weighted by molar-refractivity contribution is 0.0502. The average Bonchev–Trinajstić information content (AvgIpc) is 2.48. The first kappa shape index (κ1) is 15.9. The largest absolute Gasteiger partial charge is 0.501 e. The van der Waals surface area contributed by atoms with E-state index >= 15 is 0 Å². The molecular weight excluding hydrogens is 290 g/mol. The molecule has 1 aromatic carbocycles.